The highest BCUT2D eigenvalue weighted by Gasteiger charge is 2.39. The van der Waals surface area contributed by atoms with Gasteiger partial charge < -0.3 is 5.32 Å². The first kappa shape index (κ1) is 13.3. The predicted octanol–water partition coefficient (Wildman–Crippen LogP) is 2.60. The molecule has 1 aromatic heterocycles. The van der Waals surface area contributed by atoms with Crippen LogP contribution in [0.2, 0.25) is 0 Å². The normalized spacial score (nSPS) is 12.4. The number of carbonyl (C=O) groups is 1. The molecule has 0 radical (unpaired) electrons. The van der Waals surface area contributed by atoms with Crippen molar-refractivity contribution in [3.63, 3.8) is 0 Å². The third-order valence-corrected chi connectivity index (χ3v) is 1.58. The number of halogens is 6. The summed E-state index contributed by atoms with van der Waals surface area (Å²) < 4.78 is 71.9. The summed E-state index contributed by atoms with van der Waals surface area (Å²) in [4.78, 5) is 13.5. The summed E-state index contributed by atoms with van der Waals surface area (Å²) in [6.07, 6.45) is -8.80. The Kier molecular flexibility index (Phi) is 3.30. The summed E-state index contributed by atoms with van der Waals surface area (Å²) >= 11 is 0. The molecule has 9 heteroatoms. The molecule has 1 amide bonds. The van der Waals surface area contributed by atoms with Crippen LogP contribution in [0.5, 0.6) is 0 Å². The van der Waals surface area contributed by atoms with E-state index in [1.54, 1.807) is 0 Å². The molecule has 0 bridgehead atoms. The van der Waals surface area contributed by atoms with Gasteiger partial charge in [-0.05, 0) is 6.07 Å². The number of anilines is 1. The molecule has 0 aliphatic carbocycles. The number of nitrogens with one attached hydrogen (secondary N) is 1. The van der Waals surface area contributed by atoms with E-state index >= 15 is 0 Å². The van der Waals surface area contributed by atoms with E-state index in [1.807, 2.05) is 0 Å². The van der Waals surface area contributed by atoms with Crippen molar-refractivity contribution >= 4 is 11.6 Å². The molecule has 0 fully saturated rings. The van der Waals surface area contributed by atoms with Gasteiger partial charge in [0.2, 0.25) is 0 Å². The minimum atomic E-state index is -5.17. The number of alkyl halides is 6. The van der Waals surface area contributed by atoms with Gasteiger partial charge in [-0.25, -0.2) is 0 Å². The number of amides is 1. The molecule has 17 heavy (non-hydrogen) atoms. The molecule has 0 aliphatic rings. The van der Waals surface area contributed by atoms with Crippen molar-refractivity contribution in [2.45, 2.75) is 12.4 Å². The Balaban J connectivity index is 2.91. The molecule has 1 rings (SSSR count). The van der Waals surface area contributed by atoms with Crippen LogP contribution in [-0.2, 0) is 11.0 Å². The molecule has 0 unspecified atom stereocenters. The molecular weight excluding hydrogens is 254 g/mol. The van der Waals surface area contributed by atoms with E-state index in [4.69, 9.17) is 0 Å². The Morgan fingerprint density at radius 1 is 1.12 bits per heavy atom. The maximum Gasteiger partial charge on any atom is 0.471 e. The van der Waals surface area contributed by atoms with Gasteiger partial charge in [-0.1, -0.05) is 0 Å². The van der Waals surface area contributed by atoms with Crippen molar-refractivity contribution in [1.29, 1.82) is 0 Å². The van der Waals surface area contributed by atoms with Crippen LogP contribution in [0, 0.1) is 0 Å². The highest BCUT2D eigenvalue weighted by atomic mass is 19.4. The third-order valence-electron chi connectivity index (χ3n) is 1.58. The van der Waals surface area contributed by atoms with Crippen LogP contribution in [0.25, 0.3) is 0 Å². The summed E-state index contributed by atoms with van der Waals surface area (Å²) in [6, 6.07) is 0.358. The minimum absolute atomic E-state index is 0.358. The average Bonchev–Trinajstić information content (AvgIpc) is 2.15. The van der Waals surface area contributed by atoms with Gasteiger partial charge >= 0.3 is 18.3 Å². The monoisotopic (exact) mass is 258 g/mol. The standard InChI is InChI=1S/C8H4F6N2O/c9-7(10,11)4-1-5(3-15-2-4)16-6(17)8(12,13)14/h1-3H,(H,16,17). The molecule has 1 heterocycles. The molecule has 1 aromatic rings. The summed E-state index contributed by atoms with van der Waals surface area (Å²) in [5.74, 6) is -2.36. The number of rotatable bonds is 1. The quantitative estimate of drug-likeness (QED) is 0.786. The van der Waals surface area contributed by atoms with Crippen molar-refractivity contribution in [3.8, 4) is 0 Å². The molecule has 0 saturated heterocycles. The van der Waals surface area contributed by atoms with Crippen LogP contribution in [0.4, 0.5) is 32.0 Å². The Morgan fingerprint density at radius 2 is 1.71 bits per heavy atom. The number of pyridine rings is 1. The fourth-order valence-corrected chi connectivity index (χ4v) is 0.865. The van der Waals surface area contributed by atoms with Crippen LogP contribution in [0.1, 0.15) is 5.56 Å². The largest absolute Gasteiger partial charge is 0.471 e. The Hall–Kier alpha value is -1.80. The smallest absolute Gasteiger partial charge is 0.317 e. The predicted molar refractivity (Wildman–Crippen MR) is 43.9 cm³/mol. The van der Waals surface area contributed by atoms with Crippen LogP contribution >= 0.6 is 0 Å². The Morgan fingerprint density at radius 3 is 2.18 bits per heavy atom. The van der Waals surface area contributed by atoms with E-state index in [9.17, 15) is 31.1 Å². The zero-order chi connectivity index (χ0) is 13.3. The second-order valence-electron chi connectivity index (χ2n) is 2.91. The number of carbonyl (C=O) groups excluding carboxylic acids is 1. The van der Waals surface area contributed by atoms with E-state index in [0.717, 1.165) is 0 Å². The van der Waals surface area contributed by atoms with E-state index in [0.29, 0.717) is 18.5 Å². The minimum Gasteiger partial charge on any atom is -0.317 e. The van der Waals surface area contributed by atoms with E-state index in [2.05, 4.69) is 4.98 Å². The third kappa shape index (κ3) is 3.61. The second kappa shape index (κ2) is 4.22. The van der Waals surface area contributed by atoms with Gasteiger partial charge in [0.1, 0.15) is 0 Å². The number of aromatic nitrogens is 1. The zero-order valence-electron chi connectivity index (χ0n) is 7.86. The van der Waals surface area contributed by atoms with Crippen LogP contribution in [-0.4, -0.2) is 17.1 Å². The summed E-state index contributed by atoms with van der Waals surface area (Å²) in [5.41, 5.74) is -1.93. The Labute approximate surface area is 90.5 Å². The fraction of sp³-hybridized carbons (Fsp3) is 0.250. The van der Waals surface area contributed by atoms with Crippen LogP contribution < -0.4 is 5.32 Å². The van der Waals surface area contributed by atoms with Crippen LogP contribution in [0.15, 0.2) is 18.5 Å². The highest BCUT2D eigenvalue weighted by Crippen LogP contribution is 2.30. The van der Waals surface area contributed by atoms with Crippen molar-refractivity contribution in [2.24, 2.45) is 0 Å². The lowest BCUT2D eigenvalue weighted by Crippen LogP contribution is -2.30. The van der Waals surface area contributed by atoms with Gasteiger partial charge in [-0.15, -0.1) is 0 Å². The van der Waals surface area contributed by atoms with E-state index in [-0.39, 0.29) is 0 Å². The van der Waals surface area contributed by atoms with Gasteiger partial charge in [0.15, 0.2) is 0 Å². The number of hydrogen-bond acceptors (Lipinski definition) is 2. The topological polar surface area (TPSA) is 42.0 Å². The van der Waals surface area contributed by atoms with E-state index in [1.165, 1.54) is 5.32 Å². The van der Waals surface area contributed by atoms with Crippen molar-refractivity contribution in [1.82, 2.24) is 4.98 Å². The van der Waals surface area contributed by atoms with Crippen molar-refractivity contribution < 1.29 is 31.1 Å². The van der Waals surface area contributed by atoms with Gasteiger partial charge in [0.05, 0.1) is 17.4 Å². The van der Waals surface area contributed by atoms with Gasteiger partial charge in [-0.3, -0.25) is 9.78 Å². The number of hydrogen-bond donors (Lipinski definition) is 1. The molecular formula is C8H4F6N2O. The first-order chi connectivity index (χ1) is 7.60. The molecule has 3 nitrogen and oxygen atoms in total. The lowest BCUT2D eigenvalue weighted by molar-refractivity contribution is -0.167. The molecule has 1 N–H and O–H groups in total. The molecule has 0 spiro atoms. The molecule has 0 saturated carbocycles. The highest BCUT2D eigenvalue weighted by molar-refractivity contribution is 5.94. The summed E-state index contributed by atoms with van der Waals surface area (Å²) in [5, 5.41) is 1.27. The van der Waals surface area contributed by atoms with E-state index < -0.39 is 29.5 Å². The maximum absolute atomic E-state index is 12.2. The van der Waals surface area contributed by atoms with Gasteiger partial charge in [0, 0.05) is 6.20 Å². The second-order valence-corrected chi connectivity index (χ2v) is 2.91. The Bertz CT molecular complexity index is 425. The first-order valence-corrected chi connectivity index (χ1v) is 4.01. The van der Waals surface area contributed by atoms with Crippen LogP contribution in [0.3, 0.4) is 0 Å². The maximum atomic E-state index is 12.2. The average molecular weight is 258 g/mol. The molecule has 0 aromatic carbocycles. The summed E-state index contributed by atoms with van der Waals surface area (Å²) in [6.45, 7) is 0. The fourth-order valence-electron chi connectivity index (χ4n) is 0.865. The lowest BCUT2D eigenvalue weighted by Gasteiger charge is -2.10. The summed E-state index contributed by atoms with van der Waals surface area (Å²) in [7, 11) is 0. The molecule has 0 atom stereocenters. The SMILES string of the molecule is O=C(Nc1cncc(C(F)(F)F)c1)C(F)(F)F. The van der Waals surface area contributed by atoms with Gasteiger partial charge in [-0.2, -0.15) is 26.3 Å². The lowest BCUT2D eigenvalue weighted by atomic mass is 10.2. The van der Waals surface area contributed by atoms with Gasteiger partial charge in [0.25, 0.3) is 0 Å². The van der Waals surface area contributed by atoms with Crippen molar-refractivity contribution in [2.75, 3.05) is 5.32 Å². The van der Waals surface area contributed by atoms with Crippen molar-refractivity contribution in [3.05, 3.63) is 24.0 Å². The number of nitrogens with zero attached hydrogens (tertiary/aromatic N) is 1. The molecule has 94 valence electrons. The first-order valence-electron chi connectivity index (χ1n) is 4.01. The molecule has 0 aliphatic heterocycles. The zero-order valence-corrected chi connectivity index (χ0v) is 7.86.